The highest BCUT2D eigenvalue weighted by molar-refractivity contribution is 5.48. The van der Waals surface area contributed by atoms with Crippen LogP contribution in [0.5, 0.6) is 0 Å². The van der Waals surface area contributed by atoms with Crippen molar-refractivity contribution in [3.05, 3.63) is 65.0 Å². The topological polar surface area (TPSA) is 35.8 Å². The molecule has 1 atom stereocenters. The van der Waals surface area contributed by atoms with E-state index in [0.29, 0.717) is 11.6 Å². The third-order valence-corrected chi connectivity index (χ3v) is 2.90. The molecule has 0 bridgehead atoms. The molecule has 2 aromatic carbocycles. The summed E-state index contributed by atoms with van der Waals surface area (Å²) in [4.78, 5) is 0. The molecule has 0 aliphatic rings. The van der Waals surface area contributed by atoms with E-state index in [2.05, 4.69) is 5.32 Å². The van der Waals surface area contributed by atoms with Crippen LogP contribution in [-0.2, 0) is 0 Å². The molecule has 102 valence electrons. The molecule has 0 aliphatic heterocycles. The molecule has 2 aromatic rings. The van der Waals surface area contributed by atoms with Crippen molar-refractivity contribution in [3.63, 3.8) is 0 Å². The van der Waals surface area contributed by atoms with Gasteiger partial charge in [0.05, 0.1) is 17.3 Å². The molecule has 0 heterocycles. The predicted molar refractivity (Wildman–Crippen MR) is 69.5 cm³/mol. The number of nitriles is 1. The van der Waals surface area contributed by atoms with Gasteiger partial charge in [-0.15, -0.1) is 0 Å². The molecule has 2 nitrogen and oxygen atoms in total. The molecule has 0 aromatic heterocycles. The zero-order valence-corrected chi connectivity index (χ0v) is 10.6. The van der Waals surface area contributed by atoms with E-state index in [1.54, 1.807) is 31.2 Å². The summed E-state index contributed by atoms with van der Waals surface area (Å²) in [7, 11) is 0. The molecule has 0 spiro atoms. The Hall–Kier alpha value is -2.48. The van der Waals surface area contributed by atoms with E-state index < -0.39 is 17.5 Å². The SMILES string of the molecule is CC(Nc1cc(F)cc(F)c1F)c1ccc(C#N)cc1. The summed E-state index contributed by atoms with van der Waals surface area (Å²) in [5, 5.41) is 11.4. The van der Waals surface area contributed by atoms with Gasteiger partial charge in [-0.25, -0.2) is 13.2 Å². The molecule has 0 radical (unpaired) electrons. The lowest BCUT2D eigenvalue weighted by atomic mass is 10.1. The number of benzene rings is 2. The monoisotopic (exact) mass is 276 g/mol. The van der Waals surface area contributed by atoms with Crippen LogP contribution in [0.1, 0.15) is 24.1 Å². The largest absolute Gasteiger partial charge is 0.376 e. The zero-order valence-electron chi connectivity index (χ0n) is 10.6. The number of rotatable bonds is 3. The highest BCUT2D eigenvalue weighted by Gasteiger charge is 2.14. The lowest BCUT2D eigenvalue weighted by Gasteiger charge is -2.16. The van der Waals surface area contributed by atoms with Crippen molar-refractivity contribution in [2.75, 3.05) is 5.32 Å². The number of hydrogen-bond donors (Lipinski definition) is 1. The summed E-state index contributed by atoms with van der Waals surface area (Å²) < 4.78 is 39.7. The van der Waals surface area contributed by atoms with Gasteiger partial charge in [-0.05, 0) is 24.6 Å². The van der Waals surface area contributed by atoms with Gasteiger partial charge in [0.2, 0.25) is 0 Å². The molecule has 0 aliphatic carbocycles. The smallest absolute Gasteiger partial charge is 0.182 e. The Labute approximate surface area is 114 Å². The zero-order chi connectivity index (χ0) is 14.7. The maximum atomic E-state index is 13.5. The Morgan fingerprint density at radius 2 is 1.75 bits per heavy atom. The number of hydrogen-bond acceptors (Lipinski definition) is 2. The van der Waals surface area contributed by atoms with E-state index in [9.17, 15) is 13.2 Å². The minimum absolute atomic E-state index is 0.237. The summed E-state index contributed by atoms with van der Waals surface area (Å²) in [6.45, 7) is 1.73. The van der Waals surface area contributed by atoms with Gasteiger partial charge in [-0.3, -0.25) is 0 Å². The number of halogens is 3. The van der Waals surface area contributed by atoms with Crippen molar-refractivity contribution in [2.45, 2.75) is 13.0 Å². The average molecular weight is 276 g/mol. The van der Waals surface area contributed by atoms with Gasteiger partial charge >= 0.3 is 0 Å². The molecular weight excluding hydrogens is 265 g/mol. The Morgan fingerprint density at radius 1 is 1.10 bits per heavy atom. The minimum atomic E-state index is -1.24. The van der Waals surface area contributed by atoms with Gasteiger partial charge < -0.3 is 5.32 Å². The van der Waals surface area contributed by atoms with Crippen LogP contribution < -0.4 is 5.32 Å². The van der Waals surface area contributed by atoms with Crippen LogP contribution in [0, 0.1) is 28.8 Å². The van der Waals surface area contributed by atoms with Crippen molar-refractivity contribution < 1.29 is 13.2 Å². The van der Waals surface area contributed by atoms with Gasteiger partial charge in [0.1, 0.15) is 5.82 Å². The fourth-order valence-corrected chi connectivity index (χ4v) is 1.82. The van der Waals surface area contributed by atoms with Crippen molar-refractivity contribution in [1.29, 1.82) is 5.26 Å². The first-order valence-electron chi connectivity index (χ1n) is 5.92. The van der Waals surface area contributed by atoms with E-state index in [0.717, 1.165) is 11.6 Å². The molecule has 1 unspecified atom stereocenters. The molecule has 1 N–H and O–H groups in total. The summed E-state index contributed by atoms with van der Waals surface area (Å²) >= 11 is 0. The van der Waals surface area contributed by atoms with Gasteiger partial charge in [0, 0.05) is 18.2 Å². The quantitative estimate of drug-likeness (QED) is 0.855. The van der Waals surface area contributed by atoms with Crippen LogP contribution >= 0.6 is 0 Å². The summed E-state index contributed by atoms with van der Waals surface area (Å²) in [6, 6.07) is 9.66. The van der Waals surface area contributed by atoms with E-state index in [4.69, 9.17) is 5.26 Å². The summed E-state index contributed by atoms with van der Waals surface area (Å²) in [6.07, 6.45) is 0. The van der Waals surface area contributed by atoms with E-state index in [1.165, 1.54) is 0 Å². The average Bonchev–Trinajstić information content (AvgIpc) is 2.44. The molecule has 0 saturated carbocycles. The van der Waals surface area contributed by atoms with Crippen molar-refractivity contribution >= 4 is 5.69 Å². The fourth-order valence-electron chi connectivity index (χ4n) is 1.82. The second-order valence-corrected chi connectivity index (χ2v) is 4.35. The highest BCUT2D eigenvalue weighted by Crippen LogP contribution is 2.24. The second kappa shape index (κ2) is 5.66. The Balaban J connectivity index is 2.23. The first-order chi connectivity index (χ1) is 9.51. The first-order valence-corrected chi connectivity index (χ1v) is 5.92. The number of nitrogens with one attached hydrogen (secondary N) is 1. The highest BCUT2D eigenvalue weighted by atomic mass is 19.2. The van der Waals surface area contributed by atoms with E-state index >= 15 is 0 Å². The minimum Gasteiger partial charge on any atom is -0.376 e. The number of nitrogens with zero attached hydrogens (tertiary/aromatic N) is 1. The summed E-state index contributed by atoms with van der Waals surface area (Å²) in [5.74, 6) is -3.20. The van der Waals surface area contributed by atoms with Crippen LogP contribution in [0.4, 0.5) is 18.9 Å². The Kier molecular flexibility index (Phi) is 3.94. The Bertz CT molecular complexity index is 660. The van der Waals surface area contributed by atoms with Crippen molar-refractivity contribution in [1.82, 2.24) is 0 Å². The lowest BCUT2D eigenvalue weighted by molar-refractivity contribution is 0.496. The molecule has 5 heteroatoms. The van der Waals surface area contributed by atoms with E-state index in [-0.39, 0.29) is 11.7 Å². The van der Waals surface area contributed by atoms with Crippen LogP contribution in [0.2, 0.25) is 0 Å². The van der Waals surface area contributed by atoms with Gasteiger partial charge in [0.15, 0.2) is 11.6 Å². The number of anilines is 1. The maximum Gasteiger partial charge on any atom is 0.182 e. The molecule has 0 amide bonds. The van der Waals surface area contributed by atoms with Crippen molar-refractivity contribution in [3.8, 4) is 6.07 Å². The molecule has 0 saturated heterocycles. The fraction of sp³-hybridized carbons (Fsp3) is 0.133. The second-order valence-electron chi connectivity index (χ2n) is 4.35. The van der Waals surface area contributed by atoms with Crippen LogP contribution in [0.3, 0.4) is 0 Å². The normalized spacial score (nSPS) is 11.8. The standard InChI is InChI=1S/C15H11F3N2/c1-9(11-4-2-10(8-19)3-5-11)20-14-7-12(16)6-13(17)15(14)18/h2-7,9,20H,1H3. The predicted octanol–water partition coefficient (Wildman–Crippen LogP) is 4.15. The first kappa shape index (κ1) is 13.9. The van der Waals surface area contributed by atoms with E-state index in [1.807, 2.05) is 6.07 Å². The van der Waals surface area contributed by atoms with Gasteiger partial charge in [0.25, 0.3) is 0 Å². The van der Waals surface area contributed by atoms with Crippen LogP contribution in [-0.4, -0.2) is 0 Å². The Morgan fingerprint density at radius 3 is 2.35 bits per heavy atom. The lowest BCUT2D eigenvalue weighted by Crippen LogP contribution is -2.09. The third kappa shape index (κ3) is 2.91. The van der Waals surface area contributed by atoms with Crippen LogP contribution in [0.15, 0.2) is 36.4 Å². The van der Waals surface area contributed by atoms with Crippen molar-refractivity contribution in [2.24, 2.45) is 0 Å². The van der Waals surface area contributed by atoms with Gasteiger partial charge in [-0.2, -0.15) is 5.26 Å². The molecule has 20 heavy (non-hydrogen) atoms. The van der Waals surface area contributed by atoms with Crippen LogP contribution in [0.25, 0.3) is 0 Å². The maximum absolute atomic E-state index is 13.5. The molecule has 0 fully saturated rings. The van der Waals surface area contributed by atoms with Gasteiger partial charge in [-0.1, -0.05) is 12.1 Å². The molecule has 2 rings (SSSR count). The summed E-state index contributed by atoms with van der Waals surface area (Å²) in [5.41, 5.74) is 1.04. The third-order valence-electron chi connectivity index (χ3n) is 2.90. The molecular formula is C15H11F3N2.